The number of benzene rings is 3. The lowest BCUT2D eigenvalue weighted by atomic mass is 9.94. The number of ketones is 1. The summed E-state index contributed by atoms with van der Waals surface area (Å²) in [6.45, 7) is 4.33. The Bertz CT molecular complexity index is 1580. The molecule has 1 aliphatic rings. The molecule has 0 aliphatic carbocycles. The number of nitrogens with zero attached hydrogens (tertiary/aromatic N) is 3. The van der Waals surface area contributed by atoms with Crippen LogP contribution in [-0.2, 0) is 4.79 Å². The number of amides is 1. The van der Waals surface area contributed by atoms with Gasteiger partial charge in [-0.25, -0.2) is 4.98 Å². The molecule has 1 amide bonds. The fourth-order valence-electron chi connectivity index (χ4n) is 4.75. The van der Waals surface area contributed by atoms with E-state index >= 15 is 0 Å². The number of Topliss-reactive ketones (excluding diaryl/α,β-unsaturated/α-hetero) is 1. The van der Waals surface area contributed by atoms with E-state index in [0.717, 1.165) is 17.7 Å². The molecule has 0 fully saturated rings. The molecule has 0 bridgehead atoms. The minimum Gasteiger partial charge on any atom is -0.503 e. The number of aliphatic hydroxyl groups excluding tert-OH is 1. The number of anilines is 2. The molecule has 1 atom stereocenters. The van der Waals surface area contributed by atoms with Crippen LogP contribution in [0.5, 0.6) is 5.75 Å². The number of aromatic nitrogens is 1. The van der Waals surface area contributed by atoms with Gasteiger partial charge in [0.05, 0.1) is 28.8 Å². The van der Waals surface area contributed by atoms with Crippen molar-refractivity contribution in [3.63, 3.8) is 0 Å². The van der Waals surface area contributed by atoms with Crippen molar-refractivity contribution in [3.8, 4) is 16.3 Å². The Labute approximate surface area is 238 Å². The fraction of sp³-hybridized carbons (Fsp3) is 0.219. The number of thiazole rings is 1. The average Bonchev–Trinajstić information content (AvgIpc) is 3.49. The van der Waals surface area contributed by atoms with Gasteiger partial charge in [-0.3, -0.25) is 14.5 Å². The summed E-state index contributed by atoms with van der Waals surface area (Å²) in [5.74, 6) is -0.992. The van der Waals surface area contributed by atoms with Gasteiger partial charge in [-0.15, -0.1) is 11.3 Å². The molecule has 5 rings (SSSR count). The number of aryl methyl sites for hydroxylation is 1. The Morgan fingerprint density at radius 3 is 2.45 bits per heavy atom. The van der Waals surface area contributed by atoms with Crippen LogP contribution >= 0.6 is 11.3 Å². The van der Waals surface area contributed by atoms with E-state index in [-0.39, 0.29) is 5.57 Å². The first-order chi connectivity index (χ1) is 19.3. The highest BCUT2D eigenvalue weighted by molar-refractivity contribution is 7.17. The quantitative estimate of drug-likeness (QED) is 0.231. The van der Waals surface area contributed by atoms with E-state index in [9.17, 15) is 14.7 Å². The van der Waals surface area contributed by atoms with Crippen molar-refractivity contribution in [1.82, 2.24) is 4.98 Å². The van der Waals surface area contributed by atoms with Crippen molar-refractivity contribution in [2.24, 2.45) is 0 Å². The third kappa shape index (κ3) is 5.10. The summed E-state index contributed by atoms with van der Waals surface area (Å²) in [7, 11) is 3.89. The summed E-state index contributed by atoms with van der Waals surface area (Å²) in [5.41, 5.74) is 3.70. The zero-order valence-corrected chi connectivity index (χ0v) is 23.7. The number of hydrogen-bond acceptors (Lipinski definition) is 7. The number of aliphatic hydroxyl groups is 1. The minimum atomic E-state index is -0.834. The van der Waals surface area contributed by atoms with Crippen molar-refractivity contribution < 1.29 is 19.4 Å². The summed E-state index contributed by atoms with van der Waals surface area (Å²) in [4.78, 5) is 36.3. The number of carbonyl (C=O) groups is 2. The molecule has 0 spiro atoms. The van der Waals surface area contributed by atoms with E-state index in [1.807, 2.05) is 86.6 Å². The highest BCUT2D eigenvalue weighted by Crippen LogP contribution is 2.44. The van der Waals surface area contributed by atoms with Gasteiger partial charge in [0.15, 0.2) is 5.76 Å². The summed E-state index contributed by atoms with van der Waals surface area (Å²) < 4.78 is 5.81. The molecule has 0 saturated heterocycles. The maximum atomic E-state index is 14.2. The number of carbonyl (C=O) groups excluding carboxylic acids is 2. The Balaban J connectivity index is 1.61. The molecule has 3 aromatic carbocycles. The first-order valence-corrected chi connectivity index (χ1v) is 14.0. The van der Waals surface area contributed by atoms with E-state index in [4.69, 9.17) is 4.74 Å². The lowest BCUT2D eigenvalue weighted by Crippen LogP contribution is -2.31. The van der Waals surface area contributed by atoms with E-state index in [1.165, 1.54) is 16.2 Å². The fourth-order valence-corrected chi connectivity index (χ4v) is 5.78. The van der Waals surface area contributed by atoms with E-state index in [2.05, 4.69) is 4.98 Å². The van der Waals surface area contributed by atoms with Gasteiger partial charge in [0, 0.05) is 37.1 Å². The third-order valence-corrected chi connectivity index (χ3v) is 7.98. The molecule has 1 N–H and O–H groups in total. The van der Waals surface area contributed by atoms with Crippen molar-refractivity contribution in [3.05, 3.63) is 106 Å². The van der Waals surface area contributed by atoms with E-state index in [0.29, 0.717) is 39.2 Å². The molecule has 1 aliphatic heterocycles. The van der Waals surface area contributed by atoms with Crippen LogP contribution in [0.15, 0.2) is 90.2 Å². The van der Waals surface area contributed by atoms with E-state index < -0.39 is 23.5 Å². The maximum Gasteiger partial charge on any atom is 0.294 e. The first-order valence-electron chi connectivity index (χ1n) is 13.1. The van der Waals surface area contributed by atoms with Crippen LogP contribution in [0, 0.1) is 6.92 Å². The molecule has 0 radical (unpaired) electrons. The van der Waals surface area contributed by atoms with Gasteiger partial charge < -0.3 is 14.7 Å². The number of hydrogen-bond donors (Lipinski definition) is 1. The van der Waals surface area contributed by atoms with Gasteiger partial charge in [-0.1, -0.05) is 55.5 Å². The molecule has 1 unspecified atom stereocenters. The van der Waals surface area contributed by atoms with E-state index in [1.54, 1.807) is 25.1 Å². The molecule has 40 heavy (non-hydrogen) atoms. The summed E-state index contributed by atoms with van der Waals surface area (Å²) in [6, 6.07) is 23.6. The molecular formula is C32H31N3O4S. The Kier molecular flexibility index (Phi) is 7.71. The van der Waals surface area contributed by atoms with Gasteiger partial charge >= 0.3 is 0 Å². The standard InChI is InChI=1S/C32H31N3O4S/c1-5-18-39-25-13-9-12-24(19-25)35-27(21-14-16-23(17-15-21)34(3)4)26(29(37)32(35)38)28(36)30-20(2)33-31(40-30)22-10-7-6-8-11-22/h6-17,19,27,37H,5,18H2,1-4H3. The zero-order valence-electron chi connectivity index (χ0n) is 22.9. The number of rotatable bonds is 9. The van der Waals surface area contributed by atoms with Crippen LogP contribution in [0.4, 0.5) is 11.4 Å². The normalized spacial score (nSPS) is 15.1. The monoisotopic (exact) mass is 553 g/mol. The van der Waals surface area contributed by atoms with Gasteiger partial charge in [0.1, 0.15) is 10.8 Å². The Morgan fingerprint density at radius 1 is 1.05 bits per heavy atom. The second-order valence-corrected chi connectivity index (χ2v) is 10.8. The predicted molar refractivity (Wildman–Crippen MR) is 159 cm³/mol. The summed E-state index contributed by atoms with van der Waals surface area (Å²) in [5, 5.41) is 11.9. The summed E-state index contributed by atoms with van der Waals surface area (Å²) >= 11 is 1.26. The van der Waals surface area contributed by atoms with Crippen LogP contribution in [0.1, 0.15) is 40.3 Å². The second kappa shape index (κ2) is 11.4. The van der Waals surface area contributed by atoms with Gasteiger partial charge in [-0.05, 0) is 43.2 Å². The third-order valence-electron chi connectivity index (χ3n) is 6.77. The highest BCUT2D eigenvalue weighted by Gasteiger charge is 2.45. The molecular weight excluding hydrogens is 522 g/mol. The van der Waals surface area contributed by atoms with Crippen molar-refractivity contribution >= 4 is 34.4 Å². The molecule has 4 aromatic rings. The zero-order chi connectivity index (χ0) is 28.4. The topological polar surface area (TPSA) is 83.0 Å². The molecule has 0 saturated carbocycles. The van der Waals surface area contributed by atoms with Gasteiger partial charge in [0.25, 0.3) is 5.91 Å². The average molecular weight is 554 g/mol. The maximum absolute atomic E-state index is 14.2. The molecule has 2 heterocycles. The van der Waals surface area contributed by atoms with Crippen molar-refractivity contribution in [2.45, 2.75) is 26.3 Å². The van der Waals surface area contributed by atoms with Crippen molar-refractivity contribution in [2.75, 3.05) is 30.5 Å². The predicted octanol–water partition coefficient (Wildman–Crippen LogP) is 6.76. The number of ether oxygens (including phenoxy) is 1. The first kappa shape index (κ1) is 27.1. The van der Waals surface area contributed by atoms with Crippen LogP contribution in [-0.4, -0.2) is 42.5 Å². The molecule has 8 heteroatoms. The molecule has 1 aromatic heterocycles. The molecule has 7 nitrogen and oxygen atoms in total. The van der Waals surface area contributed by atoms with Gasteiger partial charge in [-0.2, -0.15) is 0 Å². The highest BCUT2D eigenvalue weighted by atomic mass is 32.1. The summed E-state index contributed by atoms with van der Waals surface area (Å²) in [6.07, 6.45) is 0.841. The second-order valence-electron chi connectivity index (χ2n) is 9.80. The lowest BCUT2D eigenvalue weighted by molar-refractivity contribution is -0.117. The SMILES string of the molecule is CCCOc1cccc(N2C(=O)C(O)=C(C(=O)c3sc(-c4ccccc4)nc3C)C2c2ccc(N(C)C)cc2)c1. The van der Waals surface area contributed by atoms with Crippen LogP contribution < -0.4 is 14.5 Å². The van der Waals surface area contributed by atoms with Crippen molar-refractivity contribution in [1.29, 1.82) is 0 Å². The Hall–Kier alpha value is -4.43. The Morgan fingerprint density at radius 2 is 1.77 bits per heavy atom. The minimum absolute atomic E-state index is 0.0360. The molecule has 204 valence electrons. The van der Waals surface area contributed by atoms with Crippen LogP contribution in [0.2, 0.25) is 0 Å². The smallest absolute Gasteiger partial charge is 0.294 e. The van der Waals surface area contributed by atoms with Gasteiger partial charge in [0.2, 0.25) is 5.78 Å². The largest absolute Gasteiger partial charge is 0.503 e. The van der Waals surface area contributed by atoms with Crippen LogP contribution in [0.3, 0.4) is 0 Å². The lowest BCUT2D eigenvalue weighted by Gasteiger charge is -2.27. The van der Waals surface area contributed by atoms with Crippen LogP contribution in [0.25, 0.3) is 10.6 Å².